The monoisotopic (exact) mass is 542 g/mol. The average molecular weight is 543 g/mol. The van der Waals surface area contributed by atoms with E-state index >= 15 is 0 Å². The lowest BCUT2D eigenvalue weighted by Crippen LogP contribution is -2.54. The highest BCUT2D eigenvalue weighted by Gasteiger charge is 2.64. The molecule has 0 saturated carbocycles. The maximum absolute atomic E-state index is 13.6. The van der Waals surface area contributed by atoms with Gasteiger partial charge in [0.15, 0.2) is 0 Å². The molecular weight excluding hydrogens is 515 g/mol. The third kappa shape index (κ3) is 5.61. The summed E-state index contributed by atoms with van der Waals surface area (Å²) in [5.41, 5.74) is -1.90. The van der Waals surface area contributed by atoms with Crippen LogP contribution in [-0.4, -0.2) is 64.1 Å². The van der Waals surface area contributed by atoms with Crippen LogP contribution in [0.4, 0.5) is 4.79 Å². The van der Waals surface area contributed by atoms with Crippen molar-refractivity contribution in [2.45, 2.75) is 46.3 Å². The Kier molecular flexibility index (Phi) is 8.22. The van der Waals surface area contributed by atoms with Gasteiger partial charge in [-0.2, -0.15) is 4.89 Å². The minimum absolute atomic E-state index is 0.0197. The number of fused-ring (bicyclic) bond motifs is 1. The maximum atomic E-state index is 13.6. The second-order valence-electron chi connectivity index (χ2n) is 9.51. The molecule has 1 N–H and O–H groups in total. The highest BCUT2D eigenvalue weighted by Crippen LogP contribution is 2.51. The fraction of sp³-hybridized carbons (Fsp3) is 0.500. The Labute approximate surface area is 218 Å². The Bertz CT molecular complexity index is 1100. The number of ether oxygens (including phenoxy) is 1. The van der Waals surface area contributed by atoms with Crippen molar-refractivity contribution in [3.8, 4) is 0 Å². The number of carbonyl (C=O) groups is 4. The van der Waals surface area contributed by atoms with Gasteiger partial charge in [0, 0.05) is 28.8 Å². The smallest absolute Gasteiger partial charge is 0.410 e. The lowest BCUT2D eigenvalue weighted by Gasteiger charge is -2.40. The van der Waals surface area contributed by atoms with Gasteiger partial charge in [0.2, 0.25) is 5.91 Å². The van der Waals surface area contributed by atoms with Gasteiger partial charge in [-0.1, -0.05) is 29.3 Å². The molecule has 2 aliphatic rings. The van der Waals surface area contributed by atoms with Crippen molar-refractivity contribution in [1.82, 2.24) is 9.80 Å². The van der Waals surface area contributed by atoms with Gasteiger partial charge in [0.25, 0.3) is 0 Å². The average Bonchev–Trinajstić information content (AvgIpc) is 3.00. The van der Waals surface area contributed by atoms with Crippen LogP contribution in [0.1, 0.15) is 39.7 Å². The molecule has 1 fully saturated rings. The van der Waals surface area contributed by atoms with Gasteiger partial charge in [-0.05, 0) is 51.5 Å². The van der Waals surface area contributed by atoms with Crippen LogP contribution in [0, 0.1) is 11.3 Å². The number of aliphatic carboxylic acids is 1. The van der Waals surface area contributed by atoms with Crippen LogP contribution in [0.5, 0.6) is 0 Å². The van der Waals surface area contributed by atoms with E-state index in [0.717, 1.165) is 0 Å². The normalized spacial score (nSPS) is 21.7. The van der Waals surface area contributed by atoms with Crippen LogP contribution in [0.3, 0.4) is 0 Å². The zero-order valence-electron chi connectivity index (χ0n) is 20.4. The minimum Gasteiger partial charge on any atom is -0.481 e. The molecule has 3 rings (SSSR count). The van der Waals surface area contributed by atoms with Crippen molar-refractivity contribution in [3.05, 3.63) is 45.6 Å². The van der Waals surface area contributed by atoms with E-state index < -0.39 is 47.3 Å². The number of rotatable bonds is 7. The van der Waals surface area contributed by atoms with Gasteiger partial charge in [0.1, 0.15) is 11.0 Å². The fourth-order valence-electron chi connectivity index (χ4n) is 4.37. The first-order valence-electron chi connectivity index (χ1n) is 11.3. The van der Waals surface area contributed by atoms with Crippen molar-refractivity contribution < 1.29 is 38.8 Å². The zero-order chi connectivity index (χ0) is 26.8. The van der Waals surface area contributed by atoms with Crippen LogP contribution in [0.2, 0.25) is 10.0 Å². The zero-order valence-corrected chi connectivity index (χ0v) is 21.9. The molecule has 2 atom stereocenters. The molecule has 1 aromatic carbocycles. The highest BCUT2D eigenvalue weighted by molar-refractivity contribution is 6.35. The Morgan fingerprint density at radius 2 is 1.92 bits per heavy atom. The number of hydrogen-bond acceptors (Lipinski definition) is 7. The molecule has 0 bridgehead atoms. The molecule has 196 valence electrons. The van der Waals surface area contributed by atoms with E-state index in [1.54, 1.807) is 39.8 Å². The first-order chi connectivity index (χ1) is 16.8. The molecule has 12 heteroatoms. The Morgan fingerprint density at radius 3 is 2.50 bits per heavy atom. The van der Waals surface area contributed by atoms with Crippen LogP contribution < -0.4 is 0 Å². The van der Waals surface area contributed by atoms with E-state index in [1.807, 2.05) is 0 Å². The van der Waals surface area contributed by atoms with Crippen molar-refractivity contribution >= 4 is 47.1 Å². The van der Waals surface area contributed by atoms with E-state index in [1.165, 1.54) is 21.9 Å². The van der Waals surface area contributed by atoms with Gasteiger partial charge in [-0.3, -0.25) is 14.5 Å². The number of nitrogens with zero attached hydrogens (tertiary/aromatic N) is 2. The van der Waals surface area contributed by atoms with E-state index in [2.05, 4.69) is 0 Å². The minimum atomic E-state index is -1.83. The molecule has 1 saturated heterocycles. The van der Waals surface area contributed by atoms with Gasteiger partial charge in [-0.15, -0.1) is 0 Å². The summed E-state index contributed by atoms with van der Waals surface area (Å²) in [6.07, 6.45) is 0.135. The van der Waals surface area contributed by atoms with Crippen LogP contribution in [-0.2, 0) is 35.4 Å². The van der Waals surface area contributed by atoms with Crippen molar-refractivity contribution in [1.29, 1.82) is 0 Å². The SMILES string of the molecule is CCOOC(=O)[C@]12CN(C(=O)OC(C)(C)C)CC=C1N(Cc1ccc(Cl)cc1Cl)C(=O)[C@H]2CC(=O)O. The van der Waals surface area contributed by atoms with Gasteiger partial charge in [0.05, 0.1) is 25.5 Å². The van der Waals surface area contributed by atoms with Crippen molar-refractivity contribution in [3.63, 3.8) is 0 Å². The first kappa shape index (κ1) is 27.8. The third-order valence-corrected chi connectivity index (χ3v) is 6.43. The van der Waals surface area contributed by atoms with Crippen LogP contribution >= 0.6 is 23.2 Å². The molecule has 1 aromatic rings. The molecule has 0 unspecified atom stereocenters. The number of carboxylic acids is 1. The predicted molar refractivity (Wildman–Crippen MR) is 129 cm³/mol. The lowest BCUT2D eigenvalue weighted by molar-refractivity contribution is -0.279. The van der Waals surface area contributed by atoms with Gasteiger partial charge >= 0.3 is 18.0 Å². The Balaban J connectivity index is 2.11. The number of halogens is 2. The molecule has 0 aromatic heterocycles. The molecule has 2 amide bonds. The van der Waals surface area contributed by atoms with Gasteiger partial charge < -0.3 is 19.6 Å². The number of benzene rings is 1. The lowest BCUT2D eigenvalue weighted by atomic mass is 9.72. The largest absolute Gasteiger partial charge is 0.481 e. The summed E-state index contributed by atoms with van der Waals surface area (Å²) in [4.78, 5) is 64.2. The summed E-state index contributed by atoms with van der Waals surface area (Å²) in [7, 11) is 0. The molecule has 10 nitrogen and oxygen atoms in total. The fourth-order valence-corrected chi connectivity index (χ4v) is 4.83. The van der Waals surface area contributed by atoms with E-state index in [-0.39, 0.29) is 31.9 Å². The summed E-state index contributed by atoms with van der Waals surface area (Å²) in [5.74, 6) is -4.26. The summed E-state index contributed by atoms with van der Waals surface area (Å²) in [5, 5.41) is 10.3. The number of likely N-dealkylation sites (tertiary alicyclic amines) is 1. The van der Waals surface area contributed by atoms with E-state index in [9.17, 15) is 24.3 Å². The Hall–Kier alpha value is -2.82. The topological polar surface area (TPSA) is 123 Å². The summed E-state index contributed by atoms with van der Waals surface area (Å²) >= 11 is 12.3. The molecule has 36 heavy (non-hydrogen) atoms. The van der Waals surface area contributed by atoms with E-state index in [0.29, 0.717) is 15.6 Å². The summed E-state index contributed by atoms with van der Waals surface area (Å²) in [6, 6.07) is 4.76. The highest BCUT2D eigenvalue weighted by atomic mass is 35.5. The molecule has 2 aliphatic heterocycles. The van der Waals surface area contributed by atoms with Crippen LogP contribution in [0.25, 0.3) is 0 Å². The number of carboxylic acid groups (broad SMARTS) is 1. The number of carbonyl (C=O) groups excluding carboxylic acids is 3. The van der Waals surface area contributed by atoms with Crippen molar-refractivity contribution in [2.24, 2.45) is 11.3 Å². The third-order valence-electron chi connectivity index (χ3n) is 5.84. The number of amides is 2. The maximum Gasteiger partial charge on any atom is 0.410 e. The molecular formula is C24H28Cl2N2O8. The number of hydrogen-bond donors (Lipinski definition) is 1. The van der Waals surface area contributed by atoms with E-state index in [4.69, 9.17) is 37.7 Å². The van der Waals surface area contributed by atoms with Crippen LogP contribution in [0.15, 0.2) is 30.0 Å². The molecule has 0 aliphatic carbocycles. The second kappa shape index (κ2) is 10.7. The Morgan fingerprint density at radius 1 is 1.22 bits per heavy atom. The standard InChI is InChI=1S/C24H28Cl2N2O8/c1-5-34-36-21(32)24-13-27(22(33)35-23(2,3)4)9-8-18(24)28(20(31)16(24)11-19(29)30)12-14-6-7-15(25)10-17(14)26/h6-8,10,16H,5,9,11-13H2,1-4H3,(H,29,30)/t16-,24+/m1/s1. The predicted octanol–water partition coefficient (Wildman–Crippen LogP) is 4.04. The molecule has 0 spiro atoms. The quantitative estimate of drug-likeness (QED) is 0.404. The summed E-state index contributed by atoms with van der Waals surface area (Å²) in [6.45, 7) is 6.33. The first-order valence-corrected chi connectivity index (χ1v) is 12.0. The molecule has 0 radical (unpaired) electrons. The van der Waals surface area contributed by atoms with Crippen molar-refractivity contribution in [2.75, 3.05) is 19.7 Å². The van der Waals surface area contributed by atoms with Gasteiger partial charge in [-0.25, -0.2) is 9.59 Å². The second-order valence-corrected chi connectivity index (χ2v) is 10.4. The molecule has 2 heterocycles. The summed E-state index contributed by atoms with van der Waals surface area (Å²) < 4.78 is 5.45.